The first-order chi connectivity index (χ1) is 16.4. The number of nitrogens with zero attached hydrogens (tertiary/aromatic N) is 3. The standard InChI is InChI=1S/C24H30F2N6O2/c1-34-22-15-19(9-10-21(22)26)31(12-3-2-11-27)13-4-14-32-16-20(23(28)33)24(30-32)29-18-7-5-17(25)6-8-18/h5-10,15-16H,2-4,11-14,27H2,1H3,(H2,28,33)(H,29,30). The molecule has 0 aliphatic rings. The molecule has 8 nitrogen and oxygen atoms in total. The van der Waals surface area contributed by atoms with E-state index in [9.17, 15) is 13.6 Å². The molecule has 0 spiro atoms. The van der Waals surface area contributed by atoms with E-state index in [1.165, 1.54) is 25.3 Å². The Morgan fingerprint density at radius 2 is 1.85 bits per heavy atom. The third kappa shape index (κ3) is 6.67. The molecule has 3 rings (SSSR count). The van der Waals surface area contributed by atoms with Gasteiger partial charge in [-0.1, -0.05) is 0 Å². The molecule has 0 saturated heterocycles. The highest BCUT2D eigenvalue weighted by atomic mass is 19.1. The Labute approximate surface area is 197 Å². The maximum Gasteiger partial charge on any atom is 0.254 e. The van der Waals surface area contributed by atoms with Crippen molar-refractivity contribution in [3.63, 3.8) is 0 Å². The minimum Gasteiger partial charge on any atom is -0.494 e. The predicted octanol–water partition coefficient (Wildman–Crippen LogP) is 3.65. The molecule has 0 bridgehead atoms. The van der Waals surface area contributed by atoms with Crippen LogP contribution in [0.4, 0.5) is 26.0 Å². The van der Waals surface area contributed by atoms with E-state index in [1.54, 1.807) is 35.1 Å². The number of anilines is 3. The maximum absolute atomic E-state index is 13.9. The van der Waals surface area contributed by atoms with Crippen molar-refractivity contribution in [3.8, 4) is 5.75 Å². The minimum absolute atomic E-state index is 0.191. The molecule has 0 saturated carbocycles. The van der Waals surface area contributed by atoms with Crippen molar-refractivity contribution >= 4 is 23.1 Å². The van der Waals surface area contributed by atoms with E-state index < -0.39 is 11.7 Å². The fourth-order valence-electron chi connectivity index (χ4n) is 3.56. The normalized spacial score (nSPS) is 10.8. The highest BCUT2D eigenvalue weighted by Gasteiger charge is 2.15. The number of nitrogens with one attached hydrogen (secondary N) is 1. The number of hydrogen-bond acceptors (Lipinski definition) is 6. The zero-order chi connectivity index (χ0) is 24.5. The van der Waals surface area contributed by atoms with E-state index in [0.29, 0.717) is 37.6 Å². The highest BCUT2D eigenvalue weighted by Crippen LogP contribution is 2.25. The summed E-state index contributed by atoms with van der Waals surface area (Å²) in [4.78, 5) is 14.0. The number of amides is 1. The quantitative estimate of drug-likeness (QED) is 0.328. The third-order valence-corrected chi connectivity index (χ3v) is 5.33. The van der Waals surface area contributed by atoms with Crippen molar-refractivity contribution in [2.75, 3.05) is 37.0 Å². The lowest BCUT2D eigenvalue weighted by Gasteiger charge is -2.25. The maximum atomic E-state index is 13.9. The second-order valence-electron chi connectivity index (χ2n) is 7.81. The topological polar surface area (TPSA) is 111 Å². The first-order valence-electron chi connectivity index (χ1n) is 11.1. The summed E-state index contributed by atoms with van der Waals surface area (Å²) in [5.41, 5.74) is 12.8. The summed E-state index contributed by atoms with van der Waals surface area (Å²) in [7, 11) is 1.44. The lowest BCUT2D eigenvalue weighted by atomic mass is 10.2. The SMILES string of the molecule is COc1cc(N(CCCCN)CCCn2cc(C(N)=O)c(Nc3ccc(F)cc3)n2)ccc1F. The molecule has 34 heavy (non-hydrogen) atoms. The summed E-state index contributed by atoms with van der Waals surface area (Å²) in [6, 6.07) is 10.5. The van der Waals surface area contributed by atoms with Crippen molar-refractivity contribution in [1.29, 1.82) is 0 Å². The van der Waals surface area contributed by atoms with Gasteiger partial charge in [-0.05, 0) is 62.2 Å². The summed E-state index contributed by atoms with van der Waals surface area (Å²) >= 11 is 0. The lowest BCUT2D eigenvalue weighted by Crippen LogP contribution is -2.27. The van der Waals surface area contributed by atoms with E-state index in [-0.39, 0.29) is 17.1 Å². The highest BCUT2D eigenvalue weighted by molar-refractivity contribution is 5.98. The molecule has 5 N–H and O–H groups in total. The molecule has 0 unspecified atom stereocenters. The molecular formula is C24H30F2N6O2. The number of nitrogens with two attached hydrogens (primary N) is 2. The summed E-state index contributed by atoms with van der Waals surface area (Å²) in [5.74, 6) is -0.887. The van der Waals surface area contributed by atoms with Gasteiger partial charge in [0.2, 0.25) is 0 Å². The number of carbonyl (C=O) groups is 1. The van der Waals surface area contributed by atoms with Gasteiger partial charge < -0.3 is 26.4 Å². The molecule has 2 aromatic carbocycles. The number of hydrogen-bond donors (Lipinski definition) is 3. The van der Waals surface area contributed by atoms with Crippen molar-refractivity contribution < 1.29 is 18.3 Å². The van der Waals surface area contributed by atoms with Gasteiger partial charge in [-0.3, -0.25) is 9.48 Å². The molecule has 182 valence electrons. The number of aromatic nitrogens is 2. The smallest absolute Gasteiger partial charge is 0.254 e. The number of benzene rings is 2. The molecule has 0 fully saturated rings. The lowest BCUT2D eigenvalue weighted by molar-refractivity contribution is 0.100. The molecule has 1 aromatic heterocycles. The molecule has 0 aliphatic heterocycles. The number of ether oxygens (including phenoxy) is 1. The molecule has 3 aromatic rings. The van der Waals surface area contributed by atoms with Crippen LogP contribution in [0.3, 0.4) is 0 Å². The van der Waals surface area contributed by atoms with E-state index in [0.717, 1.165) is 25.1 Å². The number of aryl methyl sites for hydroxylation is 1. The van der Waals surface area contributed by atoms with Crippen LogP contribution in [-0.2, 0) is 6.54 Å². The van der Waals surface area contributed by atoms with Crippen LogP contribution in [0, 0.1) is 11.6 Å². The van der Waals surface area contributed by atoms with Gasteiger partial charge in [0.15, 0.2) is 17.4 Å². The Morgan fingerprint density at radius 1 is 1.12 bits per heavy atom. The zero-order valence-electron chi connectivity index (χ0n) is 19.1. The fraction of sp³-hybridized carbons (Fsp3) is 0.333. The molecular weight excluding hydrogens is 442 g/mol. The van der Waals surface area contributed by atoms with Crippen molar-refractivity contribution in [3.05, 3.63) is 65.9 Å². The van der Waals surface area contributed by atoms with Crippen LogP contribution in [0.2, 0.25) is 0 Å². The van der Waals surface area contributed by atoms with Crippen LogP contribution in [0.25, 0.3) is 0 Å². The van der Waals surface area contributed by atoms with Gasteiger partial charge in [0.1, 0.15) is 11.4 Å². The number of halogens is 2. The van der Waals surface area contributed by atoms with Crippen LogP contribution < -0.4 is 26.4 Å². The van der Waals surface area contributed by atoms with E-state index in [1.807, 2.05) is 0 Å². The summed E-state index contributed by atoms with van der Waals surface area (Å²) in [6.45, 7) is 2.56. The Balaban J connectivity index is 1.69. The Bertz CT molecular complexity index is 1090. The molecule has 10 heteroatoms. The van der Waals surface area contributed by atoms with Crippen LogP contribution in [0.1, 0.15) is 29.6 Å². The van der Waals surface area contributed by atoms with Gasteiger partial charge in [-0.25, -0.2) is 8.78 Å². The molecule has 1 amide bonds. The fourth-order valence-corrected chi connectivity index (χ4v) is 3.56. The van der Waals surface area contributed by atoms with Gasteiger partial charge in [0, 0.05) is 43.3 Å². The second kappa shape index (κ2) is 12.0. The molecule has 0 radical (unpaired) electrons. The summed E-state index contributed by atoms with van der Waals surface area (Å²) in [5, 5.41) is 7.45. The zero-order valence-corrected chi connectivity index (χ0v) is 19.1. The largest absolute Gasteiger partial charge is 0.494 e. The van der Waals surface area contributed by atoms with Gasteiger partial charge in [-0.2, -0.15) is 5.10 Å². The van der Waals surface area contributed by atoms with E-state index >= 15 is 0 Å². The number of methoxy groups -OCH3 is 1. The van der Waals surface area contributed by atoms with Gasteiger partial charge in [0.05, 0.1) is 7.11 Å². The Morgan fingerprint density at radius 3 is 2.53 bits per heavy atom. The average molecular weight is 473 g/mol. The van der Waals surface area contributed by atoms with Crippen LogP contribution >= 0.6 is 0 Å². The number of unbranched alkanes of at least 4 members (excludes halogenated alkanes) is 1. The molecule has 1 heterocycles. The summed E-state index contributed by atoms with van der Waals surface area (Å²) in [6.07, 6.45) is 4.08. The Hall–Kier alpha value is -3.66. The summed E-state index contributed by atoms with van der Waals surface area (Å²) < 4.78 is 33.8. The van der Waals surface area contributed by atoms with Crippen LogP contribution in [-0.4, -0.2) is 42.4 Å². The Kier molecular flexibility index (Phi) is 8.80. The van der Waals surface area contributed by atoms with E-state index in [4.69, 9.17) is 16.2 Å². The van der Waals surface area contributed by atoms with Crippen LogP contribution in [0.5, 0.6) is 5.75 Å². The van der Waals surface area contributed by atoms with Gasteiger partial charge in [-0.15, -0.1) is 0 Å². The number of rotatable bonds is 13. The monoisotopic (exact) mass is 472 g/mol. The third-order valence-electron chi connectivity index (χ3n) is 5.33. The van der Waals surface area contributed by atoms with Gasteiger partial charge >= 0.3 is 0 Å². The number of carbonyl (C=O) groups excluding carboxylic acids is 1. The first-order valence-corrected chi connectivity index (χ1v) is 11.1. The molecule has 0 aliphatic carbocycles. The predicted molar refractivity (Wildman–Crippen MR) is 128 cm³/mol. The van der Waals surface area contributed by atoms with Crippen molar-refractivity contribution in [1.82, 2.24) is 9.78 Å². The van der Waals surface area contributed by atoms with Crippen molar-refractivity contribution in [2.24, 2.45) is 11.5 Å². The average Bonchev–Trinajstić information content (AvgIpc) is 3.23. The molecule has 0 atom stereocenters. The van der Waals surface area contributed by atoms with Gasteiger partial charge in [0.25, 0.3) is 5.91 Å². The number of primary amides is 1. The minimum atomic E-state index is -0.613. The first kappa shape index (κ1) is 25.0. The van der Waals surface area contributed by atoms with E-state index in [2.05, 4.69) is 15.3 Å². The van der Waals surface area contributed by atoms with Crippen LogP contribution in [0.15, 0.2) is 48.7 Å². The van der Waals surface area contributed by atoms with Crippen molar-refractivity contribution in [2.45, 2.75) is 25.8 Å². The second-order valence-corrected chi connectivity index (χ2v) is 7.81.